The first kappa shape index (κ1) is 22.4. The smallest absolute Gasteiger partial charge is 0.372 e. The number of rotatable bonds is 5. The second kappa shape index (κ2) is 8.99. The summed E-state index contributed by atoms with van der Waals surface area (Å²) < 4.78 is 45.9. The van der Waals surface area contributed by atoms with Crippen LogP contribution in [0.2, 0.25) is 0 Å². The van der Waals surface area contributed by atoms with Crippen molar-refractivity contribution in [2.75, 3.05) is 29.1 Å². The molecule has 1 N–H and O–H groups in total. The van der Waals surface area contributed by atoms with Crippen molar-refractivity contribution in [1.82, 2.24) is 14.6 Å². The van der Waals surface area contributed by atoms with Crippen LogP contribution in [0.3, 0.4) is 0 Å². The highest BCUT2D eigenvalue weighted by atomic mass is 32.2. The van der Waals surface area contributed by atoms with E-state index in [0.29, 0.717) is 5.69 Å². The Labute approximate surface area is 186 Å². The lowest BCUT2D eigenvalue weighted by Crippen LogP contribution is -2.45. The molecule has 2 aromatic heterocycles. The molecule has 2 unspecified atom stereocenters. The topological polar surface area (TPSA) is 71.8 Å². The van der Waals surface area contributed by atoms with Gasteiger partial charge in [-0.3, -0.25) is 9.20 Å². The number of benzene rings is 1. The molecule has 3 aromatic rings. The van der Waals surface area contributed by atoms with Gasteiger partial charge in [-0.2, -0.15) is 13.2 Å². The number of pyridine rings is 1. The van der Waals surface area contributed by atoms with Crippen LogP contribution in [-0.4, -0.2) is 51.6 Å². The van der Waals surface area contributed by atoms with E-state index in [4.69, 9.17) is 4.74 Å². The number of anilines is 2. The van der Waals surface area contributed by atoms with Crippen LogP contribution >= 0.6 is 11.8 Å². The number of thioether (sulfide) groups is 1. The Balaban J connectivity index is 1.36. The van der Waals surface area contributed by atoms with Crippen LogP contribution in [0.4, 0.5) is 24.5 Å². The Kier molecular flexibility index (Phi) is 6.29. The van der Waals surface area contributed by atoms with Crippen molar-refractivity contribution in [3.63, 3.8) is 0 Å². The predicted molar refractivity (Wildman–Crippen MR) is 116 cm³/mol. The zero-order valence-corrected chi connectivity index (χ0v) is 18.3. The number of amides is 1. The highest BCUT2D eigenvalue weighted by molar-refractivity contribution is 7.99. The average Bonchev–Trinajstić information content (AvgIpc) is 3.14. The quantitative estimate of drug-likeness (QED) is 0.573. The maximum atomic E-state index is 13.0. The van der Waals surface area contributed by atoms with Crippen LogP contribution in [0.5, 0.6) is 0 Å². The highest BCUT2D eigenvalue weighted by Gasteiger charge is 2.31. The van der Waals surface area contributed by atoms with Gasteiger partial charge in [0.2, 0.25) is 5.91 Å². The van der Waals surface area contributed by atoms with Crippen molar-refractivity contribution < 1.29 is 22.7 Å². The average molecular weight is 466 g/mol. The van der Waals surface area contributed by atoms with Gasteiger partial charge < -0.3 is 15.0 Å². The summed E-state index contributed by atoms with van der Waals surface area (Å²) in [6.07, 6.45) is -3.24. The minimum atomic E-state index is -4.47. The van der Waals surface area contributed by atoms with Crippen molar-refractivity contribution in [3.8, 4) is 0 Å². The Bertz CT molecular complexity index is 1090. The summed E-state index contributed by atoms with van der Waals surface area (Å²) in [5, 5.41) is 10.7. The van der Waals surface area contributed by atoms with Gasteiger partial charge in [0.05, 0.1) is 23.5 Å². The normalized spacial score (nSPS) is 19.3. The molecule has 3 heterocycles. The molecule has 1 aliphatic heterocycles. The number of hydrogen-bond donors (Lipinski definition) is 1. The van der Waals surface area contributed by atoms with Crippen molar-refractivity contribution in [2.45, 2.75) is 37.4 Å². The first-order valence-corrected chi connectivity index (χ1v) is 11.0. The number of hydrogen-bond acceptors (Lipinski definition) is 6. The molecule has 11 heteroatoms. The molecule has 170 valence electrons. The van der Waals surface area contributed by atoms with Crippen LogP contribution in [0.25, 0.3) is 5.65 Å². The van der Waals surface area contributed by atoms with Gasteiger partial charge >= 0.3 is 6.18 Å². The molecule has 1 aliphatic rings. The van der Waals surface area contributed by atoms with E-state index in [1.165, 1.54) is 10.5 Å². The lowest BCUT2D eigenvalue weighted by atomic mass is 10.2. The molecule has 1 amide bonds. The molecule has 0 spiro atoms. The minimum Gasteiger partial charge on any atom is -0.372 e. The Morgan fingerprint density at radius 2 is 1.81 bits per heavy atom. The van der Waals surface area contributed by atoms with Gasteiger partial charge in [0.1, 0.15) is 0 Å². The number of ether oxygens (including phenoxy) is 1. The third-order valence-corrected chi connectivity index (χ3v) is 5.91. The number of nitrogens with one attached hydrogen (secondary N) is 1. The maximum Gasteiger partial charge on any atom is 0.417 e. The van der Waals surface area contributed by atoms with Crippen molar-refractivity contribution >= 4 is 34.7 Å². The van der Waals surface area contributed by atoms with Crippen LogP contribution in [0, 0.1) is 0 Å². The van der Waals surface area contributed by atoms with Gasteiger partial charge in [-0.15, -0.1) is 10.2 Å². The van der Waals surface area contributed by atoms with Gasteiger partial charge in [0.15, 0.2) is 10.8 Å². The predicted octanol–water partition coefficient (Wildman–Crippen LogP) is 4.09. The van der Waals surface area contributed by atoms with Crippen LogP contribution in [0.1, 0.15) is 19.4 Å². The van der Waals surface area contributed by atoms with E-state index in [0.717, 1.165) is 42.8 Å². The van der Waals surface area contributed by atoms with Crippen LogP contribution in [0.15, 0.2) is 47.8 Å². The number of carbonyl (C=O) groups excluding carboxylic acids is 1. The molecule has 1 aromatic carbocycles. The zero-order valence-electron chi connectivity index (χ0n) is 17.5. The molecule has 1 saturated heterocycles. The largest absolute Gasteiger partial charge is 0.417 e. The van der Waals surface area contributed by atoms with E-state index < -0.39 is 11.7 Å². The second-order valence-electron chi connectivity index (χ2n) is 7.67. The summed E-state index contributed by atoms with van der Waals surface area (Å²) in [6.45, 7) is 5.68. The van der Waals surface area contributed by atoms with Crippen LogP contribution < -0.4 is 10.2 Å². The summed E-state index contributed by atoms with van der Waals surface area (Å²) in [7, 11) is 0. The fraction of sp³-hybridized carbons (Fsp3) is 0.381. The lowest BCUT2D eigenvalue weighted by Gasteiger charge is -2.36. The van der Waals surface area contributed by atoms with E-state index in [9.17, 15) is 18.0 Å². The number of nitrogens with zero attached hydrogens (tertiary/aromatic N) is 4. The monoisotopic (exact) mass is 465 g/mol. The van der Waals surface area contributed by atoms with Crippen LogP contribution in [-0.2, 0) is 15.7 Å². The first-order chi connectivity index (χ1) is 15.2. The number of aromatic nitrogens is 3. The minimum absolute atomic E-state index is 0.0166. The first-order valence-electron chi connectivity index (χ1n) is 10.0. The molecule has 0 radical (unpaired) electrons. The van der Waals surface area contributed by atoms with Gasteiger partial charge in [-0.25, -0.2) is 0 Å². The number of morpholine rings is 1. The molecular weight excluding hydrogens is 443 g/mol. The Hall–Kier alpha value is -2.79. The molecule has 32 heavy (non-hydrogen) atoms. The van der Waals surface area contributed by atoms with Gasteiger partial charge in [-0.1, -0.05) is 11.8 Å². The third kappa shape index (κ3) is 5.16. The molecule has 0 bridgehead atoms. The SMILES string of the molecule is CC1CN(c2ccc(NC(=O)CSc3nnc4ccc(C(F)(F)F)cn34)cc2)CC(C)O1. The van der Waals surface area contributed by atoms with Gasteiger partial charge in [0.25, 0.3) is 0 Å². The summed E-state index contributed by atoms with van der Waals surface area (Å²) >= 11 is 1.02. The molecule has 0 aliphatic carbocycles. The Morgan fingerprint density at radius 1 is 1.12 bits per heavy atom. The molecule has 0 saturated carbocycles. The van der Waals surface area contributed by atoms with E-state index in [1.54, 1.807) is 0 Å². The van der Waals surface area contributed by atoms with E-state index in [1.807, 2.05) is 38.1 Å². The van der Waals surface area contributed by atoms with Gasteiger partial charge in [0, 0.05) is 30.7 Å². The zero-order chi connectivity index (χ0) is 22.9. The molecule has 4 rings (SSSR count). The fourth-order valence-electron chi connectivity index (χ4n) is 3.61. The molecule has 1 fully saturated rings. The second-order valence-corrected chi connectivity index (χ2v) is 8.61. The number of fused-ring (bicyclic) bond motifs is 1. The number of halogens is 3. The van der Waals surface area contributed by atoms with E-state index in [2.05, 4.69) is 20.4 Å². The third-order valence-electron chi connectivity index (χ3n) is 4.97. The van der Waals surface area contributed by atoms with Gasteiger partial charge in [-0.05, 0) is 50.2 Å². The van der Waals surface area contributed by atoms with Crippen molar-refractivity contribution in [1.29, 1.82) is 0 Å². The van der Waals surface area contributed by atoms with E-state index in [-0.39, 0.29) is 34.7 Å². The number of alkyl halides is 3. The fourth-order valence-corrected chi connectivity index (χ4v) is 4.32. The maximum absolute atomic E-state index is 13.0. The van der Waals surface area contributed by atoms with E-state index >= 15 is 0 Å². The number of carbonyl (C=O) groups is 1. The Morgan fingerprint density at radius 3 is 2.47 bits per heavy atom. The van der Waals surface area contributed by atoms with Crippen molar-refractivity contribution in [3.05, 3.63) is 48.2 Å². The summed E-state index contributed by atoms with van der Waals surface area (Å²) in [4.78, 5) is 14.6. The molecule has 7 nitrogen and oxygen atoms in total. The standard InChI is InChI=1S/C21H22F3N5O2S/c1-13-9-28(10-14(2)31-13)17-6-4-16(5-7-17)25-19(30)12-32-20-27-26-18-8-3-15(11-29(18)20)21(22,23)24/h3-8,11,13-14H,9-10,12H2,1-2H3,(H,25,30). The lowest BCUT2D eigenvalue weighted by molar-refractivity contribution is -0.137. The highest BCUT2D eigenvalue weighted by Crippen LogP contribution is 2.30. The summed E-state index contributed by atoms with van der Waals surface area (Å²) in [6, 6.07) is 9.73. The summed E-state index contributed by atoms with van der Waals surface area (Å²) in [5.74, 6) is -0.308. The molecular formula is C21H22F3N5O2S. The summed E-state index contributed by atoms with van der Waals surface area (Å²) in [5.41, 5.74) is 1.16. The molecule has 2 atom stereocenters. The van der Waals surface area contributed by atoms with Crippen molar-refractivity contribution in [2.24, 2.45) is 0 Å².